The van der Waals surface area contributed by atoms with Gasteiger partial charge in [-0.2, -0.15) is 0 Å². The Morgan fingerprint density at radius 1 is 0.939 bits per heavy atom. The second kappa shape index (κ2) is 9.73. The number of benzene rings is 2. The molecule has 2 aromatic carbocycles. The molecule has 1 aliphatic heterocycles. The van der Waals surface area contributed by atoms with Gasteiger partial charge in [-0.3, -0.25) is 9.36 Å². The van der Waals surface area contributed by atoms with Crippen LogP contribution in [0.3, 0.4) is 0 Å². The van der Waals surface area contributed by atoms with Gasteiger partial charge in [-0.1, -0.05) is 41.9 Å². The number of rotatable bonds is 6. The van der Waals surface area contributed by atoms with Crippen molar-refractivity contribution in [3.8, 4) is 0 Å². The predicted octanol–water partition coefficient (Wildman–Crippen LogP) is 4.92. The van der Waals surface area contributed by atoms with Crippen molar-refractivity contribution in [2.75, 3.05) is 31.1 Å². The van der Waals surface area contributed by atoms with E-state index in [2.05, 4.69) is 19.8 Å². The molecule has 4 aromatic rings. The molecule has 0 aliphatic carbocycles. The molecule has 0 bridgehead atoms. The van der Waals surface area contributed by atoms with E-state index in [9.17, 15) is 4.79 Å². The molecule has 0 saturated carbocycles. The minimum atomic E-state index is 0.0547. The van der Waals surface area contributed by atoms with Gasteiger partial charge in [0, 0.05) is 38.4 Å². The summed E-state index contributed by atoms with van der Waals surface area (Å²) in [6, 6.07) is 21.5. The molecule has 0 spiro atoms. The third-order valence-corrected chi connectivity index (χ3v) is 6.67. The van der Waals surface area contributed by atoms with Crippen LogP contribution in [-0.4, -0.2) is 45.6 Å². The Hall–Kier alpha value is -3.22. The maximum atomic E-state index is 13.0. The molecule has 0 radical (unpaired) electrons. The zero-order valence-corrected chi connectivity index (χ0v) is 19.1. The lowest BCUT2D eigenvalue weighted by molar-refractivity contribution is 0.188. The predicted molar refractivity (Wildman–Crippen MR) is 133 cm³/mol. The van der Waals surface area contributed by atoms with Crippen molar-refractivity contribution in [2.24, 2.45) is 0 Å². The number of para-hydroxylation sites is 2. The van der Waals surface area contributed by atoms with E-state index in [1.165, 1.54) is 0 Å². The highest BCUT2D eigenvalue weighted by Crippen LogP contribution is 2.30. The van der Waals surface area contributed by atoms with Crippen LogP contribution in [0.4, 0.5) is 11.5 Å². The number of fused-ring (bicyclic) bond motifs is 1. The number of aromatic nitrogens is 3. The Labute approximate surface area is 198 Å². The van der Waals surface area contributed by atoms with Gasteiger partial charge < -0.3 is 9.80 Å². The molecule has 0 unspecified atom stereocenters. The van der Waals surface area contributed by atoms with E-state index in [0.29, 0.717) is 10.4 Å². The molecule has 1 fully saturated rings. The lowest BCUT2D eigenvalue weighted by Gasteiger charge is -2.34. The molecule has 0 amide bonds. The first kappa shape index (κ1) is 21.6. The summed E-state index contributed by atoms with van der Waals surface area (Å²) in [4.78, 5) is 26.6. The van der Waals surface area contributed by atoms with Crippen LogP contribution in [0.1, 0.15) is 18.9 Å². The van der Waals surface area contributed by atoms with Gasteiger partial charge in [0.1, 0.15) is 5.82 Å². The molecule has 1 saturated heterocycles. The average Bonchev–Trinajstić information content (AvgIpc) is 2.87. The minimum Gasteiger partial charge on any atom is -0.324 e. The van der Waals surface area contributed by atoms with Crippen molar-refractivity contribution in [1.82, 2.24) is 19.4 Å². The van der Waals surface area contributed by atoms with Crippen molar-refractivity contribution in [3.05, 3.63) is 94.6 Å². The SMILES string of the molecule is O=c1c2ccccc2ncn1C1CCN(CCN(c2ccccn2)c2ccccc2Cl)CC1. The highest BCUT2D eigenvalue weighted by atomic mass is 35.5. The van der Waals surface area contributed by atoms with Crippen molar-refractivity contribution < 1.29 is 0 Å². The van der Waals surface area contributed by atoms with Gasteiger partial charge >= 0.3 is 0 Å². The molecule has 5 rings (SSSR count). The molecule has 2 aromatic heterocycles. The zero-order chi connectivity index (χ0) is 22.6. The van der Waals surface area contributed by atoms with E-state index < -0.39 is 0 Å². The first-order valence-corrected chi connectivity index (χ1v) is 11.7. The number of likely N-dealkylation sites (tertiary alicyclic amines) is 1. The minimum absolute atomic E-state index is 0.0547. The van der Waals surface area contributed by atoms with Gasteiger partial charge in [-0.15, -0.1) is 0 Å². The van der Waals surface area contributed by atoms with Gasteiger partial charge in [-0.05, 0) is 49.2 Å². The van der Waals surface area contributed by atoms with E-state index in [4.69, 9.17) is 11.6 Å². The molecule has 6 nitrogen and oxygen atoms in total. The summed E-state index contributed by atoms with van der Waals surface area (Å²) in [5.74, 6) is 0.884. The number of anilines is 2. The van der Waals surface area contributed by atoms with Crippen LogP contribution in [0.25, 0.3) is 10.9 Å². The maximum absolute atomic E-state index is 13.0. The number of halogens is 1. The first-order chi connectivity index (χ1) is 16.2. The van der Waals surface area contributed by atoms with E-state index >= 15 is 0 Å². The molecule has 7 heteroatoms. The van der Waals surface area contributed by atoms with Gasteiger partial charge in [0.15, 0.2) is 0 Å². The van der Waals surface area contributed by atoms with Crippen molar-refractivity contribution in [3.63, 3.8) is 0 Å². The number of nitrogens with zero attached hydrogens (tertiary/aromatic N) is 5. The van der Waals surface area contributed by atoms with Crippen molar-refractivity contribution in [1.29, 1.82) is 0 Å². The molecule has 168 valence electrons. The van der Waals surface area contributed by atoms with Crippen LogP contribution in [0.2, 0.25) is 5.02 Å². The van der Waals surface area contributed by atoms with E-state index in [-0.39, 0.29) is 11.6 Å². The summed E-state index contributed by atoms with van der Waals surface area (Å²) < 4.78 is 1.82. The van der Waals surface area contributed by atoms with Gasteiger partial charge in [0.05, 0.1) is 27.9 Å². The van der Waals surface area contributed by atoms with E-state index in [0.717, 1.165) is 56.0 Å². The average molecular weight is 460 g/mol. The molecular formula is C26H26ClN5O. The Morgan fingerprint density at radius 3 is 2.48 bits per heavy atom. The summed E-state index contributed by atoms with van der Waals surface area (Å²) in [6.07, 6.45) is 5.37. The summed E-state index contributed by atoms with van der Waals surface area (Å²) in [5, 5.41) is 1.40. The third kappa shape index (κ3) is 4.63. The van der Waals surface area contributed by atoms with Crippen LogP contribution in [-0.2, 0) is 0 Å². The van der Waals surface area contributed by atoms with E-state index in [1.807, 2.05) is 71.3 Å². The van der Waals surface area contributed by atoms with Crippen LogP contribution in [0, 0.1) is 0 Å². The number of hydrogen-bond acceptors (Lipinski definition) is 5. The highest BCUT2D eigenvalue weighted by molar-refractivity contribution is 6.33. The second-order valence-corrected chi connectivity index (χ2v) is 8.75. The van der Waals surface area contributed by atoms with Crippen molar-refractivity contribution >= 4 is 34.0 Å². The molecule has 3 heterocycles. The molecular weight excluding hydrogens is 434 g/mol. The van der Waals surface area contributed by atoms with Crippen LogP contribution < -0.4 is 10.5 Å². The largest absolute Gasteiger partial charge is 0.324 e. The number of piperidine rings is 1. The van der Waals surface area contributed by atoms with Crippen LogP contribution in [0.15, 0.2) is 84.0 Å². The Balaban J connectivity index is 1.26. The standard InChI is InChI=1S/C26H26ClN5O/c27-22-8-2-4-10-24(22)31(25-11-5-6-14-28-25)18-17-30-15-12-20(13-16-30)32-19-29-23-9-3-1-7-21(23)26(32)33/h1-11,14,19-20H,12-13,15-18H2. The zero-order valence-electron chi connectivity index (χ0n) is 18.3. The monoisotopic (exact) mass is 459 g/mol. The van der Waals surface area contributed by atoms with Crippen LogP contribution in [0.5, 0.6) is 0 Å². The normalized spacial score (nSPS) is 15.1. The summed E-state index contributed by atoms with van der Waals surface area (Å²) in [5.41, 5.74) is 1.77. The topological polar surface area (TPSA) is 54.3 Å². The third-order valence-electron chi connectivity index (χ3n) is 6.35. The quantitative estimate of drug-likeness (QED) is 0.409. The fraction of sp³-hybridized carbons (Fsp3) is 0.269. The van der Waals surface area contributed by atoms with Crippen LogP contribution >= 0.6 is 11.6 Å². The fourth-order valence-electron chi connectivity index (χ4n) is 4.55. The van der Waals surface area contributed by atoms with Gasteiger partial charge in [0.2, 0.25) is 0 Å². The second-order valence-electron chi connectivity index (χ2n) is 8.34. The molecule has 0 atom stereocenters. The molecule has 33 heavy (non-hydrogen) atoms. The highest BCUT2D eigenvalue weighted by Gasteiger charge is 2.23. The molecule has 0 N–H and O–H groups in total. The van der Waals surface area contributed by atoms with Gasteiger partial charge in [-0.25, -0.2) is 9.97 Å². The Bertz CT molecular complexity index is 1280. The maximum Gasteiger partial charge on any atom is 0.261 e. The smallest absolute Gasteiger partial charge is 0.261 e. The Morgan fingerprint density at radius 2 is 1.70 bits per heavy atom. The molecule has 1 aliphatic rings. The Kier molecular flexibility index (Phi) is 6.37. The first-order valence-electron chi connectivity index (χ1n) is 11.3. The summed E-state index contributed by atoms with van der Waals surface area (Å²) in [7, 11) is 0. The number of pyridine rings is 1. The lowest BCUT2D eigenvalue weighted by atomic mass is 10.0. The lowest BCUT2D eigenvalue weighted by Crippen LogP contribution is -2.41. The summed E-state index contributed by atoms with van der Waals surface area (Å²) in [6.45, 7) is 3.54. The number of hydrogen-bond donors (Lipinski definition) is 0. The van der Waals surface area contributed by atoms with E-state index in [1.54, 1.807) is 12.5 Å². The summed E-state index contributed by atoms with van der Waals surface area (Å²) >= 11 is 6.51. The van der Waals surface area contributed by atoms with Crippen molar-refractivity contribution in [2.45, 2.75) is 18.9 Å². The fourth-order valence-corrected chi connectivity index (χ4v) is 4.79. The van der Waals surface area contributed by atoms with Gasteiger partial charge in [0.25, 0.3) is 5.56 Å².